The van der Waals surface area contributed by atoms with E-state index in [9.17, 15) is 0 Å². The lowest BCUT2D eigenvalue weighted by Crippen LogP contribution is -2.34. The highest BCUT2D eigenvalue weighted by atomic mass is 15.1. The monoisotopic (exact) mass is 238 g/mol. The Bertz CT molecular complexity index is 217. The standard InChI is InChI=1S/C15H30N2/c1-3-17-10-9-14(12-17)11-16-15-6-4-5-13(2)7-8-15/h13-16H,3-12H2,1-2H3. The van der Waals surface area contributed by atoms with E-state index in [4.69, 9.17) is 0 Å². The van der Waals surface area contributed by atoms with E-state index in [1.807, 2.05) is 0 Å². The fourth-order valence-electron chi connectivity index (χ4n) is 3.39. The molecule has 0 radical (unpaired) electrons. The van der Waals surface area contributed by atoms with Crippen LogP contribution in [0.15, 0.2) is 0 Å². The molecule has 0 aromatic carbocycles. The van der Waals surface area contributed by atoms with E-state index in [1.165, 1.54) is 64.7 Å². The third-order valence-electron chi connectivity index (χ3n) is 4.77. The molecule has 1 heterocycles. The molecule has 1 N–H and O–H groups in total. The molecule has 1 aliphatic heterocycles. The van der Waals surface area contributed by atoms with Crippen molar-refractivity contribution in [1.29, 1.82) is 0 Å². The molecule has 17 heavy (non-hydrogen) atoms. The lowest BCUT2D eigenvalue weighted by atomic mass is 10.0. The molecule has 3 unspecified atom stereocenters. The van der Waals surface area contributed by atoms with Crippen molar-refractivity contribution in [3.8, 4) is 0 Å². The van der Waals surface area contributed by atoms with Crippen LogP contribution >= 0.6 is 0 Å². The summed E-state index contributed by atoms with van der Waals surface area (Å²) in [5.41, 5.74) is 0. The lowest BCUT2D eigenvalue weighted by molar-refractivity contribution is 0.331. The highest BCUT2D eigenvalue weighted by Gasteiger charge is 2.22. The number of likely N-dealkylation sites (tertiary alicyclic amines) is 1. The smallest absolute Gasteiger partial charge is 0.00672 e. The lowest BCUT2D eigenvalue weighted by Gasteiger charge is -2.19. The first kappa shape index (κ1) is 13.4. The summed E-state index contributed by atoms with van der Waals surface area (Å²) < 4.78 is 0. The van der Waals surface area contributed by atoms with E-state index < -0.39 is 0 Å². The molecule has 0 bridgehead atoms. The van der Waals surface area contributed by atoms with Crippen molar-refractivity contribution in [3.63, 3.8) is 0 Å². The summed E-state index contributed by atoms with van der Waals surface area (Å²) in [4.78, 5) is 2.58. The van der Waals surface area contributed by atoms with Gasteiger partial charge in [-0.2, -0.15) is 0 Å². The van der Waals surface area contributed by atoms with Crippen molar-refractivity contribution < 1.29 is 0 Å². The third kappa shape index (κ3) is 4.26. The van der Waals surface area contributed by atoms with Crippen molar-refractivity contribution >= 4 is 0 Å². The minimum Gasteiger partial charge on any atom is -0.314 e. The van der Waals surface area contributed by atoms with Crippen LogP contribution in [0.5, 0.6) is 0 Å². The van der Waals surface area contributed by atoms with Gasteiger partial charge >= 0.3 is 0 Å². The largest absolute Gasteiger partial charge is 0.314 e. The van der Waals surface area contributed by atoms with Crippen molar-refractivity contribution in [2.24, 2.45) is 11.8 Å². The molecule has 2 rings (SSSR count). The van der Waals surface area contributed by atoms with Gasteiger partial charge in [-0.3, -0.25) is 0 Å². The van der Waals surface area contributed by atoms with Crippen LogP contribution in [0.4, 0.5) is 0 Å². The van der Waals surface area contributed by atoms with Gasteiger partial charge in [-0.25, -0.2) is 0 Å². The zero-order valence-electron chi connectivity index (χ0n) is 11.8. The van der Waals surface area contributed by atoms with Gasteiger partial charge in [0.1, 0.15) is 0 Å². The van der Waals surface area contributed by atoms with Gasteiger partial charge in [0.25, 0.3) is 0 Å². The van der Waals surface area contributed by atoms with E-state index in [-0.39, 0.29) is 0 Å². The third-order valence-corrected chi connectivity index (χ3v) is 4.77. The highest BCUT2D eigenvalue weighted by Crippen LogP contribution is 2.23. The summed E-state index contributed by atoms with van der Waals surface area (Å²) in [5, 5.41) is 3.84. The second-order valence-electron chi connectivity index (χ2n) is 6.27. The topological polar surface area (TPSA) is 15.3 Å². The van der Waals surface area contributed by atoms with Gasteiger partial charge in [-0.15, -0.1) is 0 Å². The molecule has 0 spiro atoms. The molecule has 0 aromatic rings. The van der Waals surface area contributed by atoms with Crippen LogP contribution in [-0.4, -0.2) is 37.1 Å². The normalized spacial score (nSPS) is 36.0. The first-order chi connectivity index (χ1) is 8.28. The Kier molecular flexibility index (Phi) is 5.30. The zero-order chi connectivity index (χ0) is 12.1. The average molecular weight is 238 g/mol. The minimum atomic E-state index is 0.815. The molecule has 0 amide bonds. The zero-order valence-corrected chi connectivity index (χ0v) is 11.8. The van der Waals surface area contributed by atoms with Gasteiger partial charge in [-0.05, 0) is 57.2 Å². The maximum absolute atomic E-state index is 3.84. The molecular weight excluding hydrogens is 208 g/mol. The Morgan fingerprint density at radius 1 is 1.12 bits per heavy atom. The van der Waals surface area contributed by atoms with Crippen LogP contribution in [-0.2, 0) is 0 Å². The van der Waals surface area contributed by atoms with Crippen LogP contribution in [0, 0.1) is 11.8 Å². The predicted octanol–water partition coefficient (Wildman–Crippen LogP) is 2.89. The Morgan fingerprint density at radius 2 is 2.00 bits per heavy atom. The van der Waals surface area contributed by atoms with Gasteiger partial charge in [0.05, 0.1) is 0 Å². The number of nitrogens with one attached hydrogen (secondary N) is 1. The van der Waals surface area contributed by atoms with Gasteiger partial charge < -0.3 is 10.2 Å². The summed E-state index contributed by atoms with van der Waals surface area (Å²) >= 11 is 0. The number of nitrogens with zero attached hydrogens (tertiary/aromatic N) is 1. The summed E-state index contributed by atoms with van der Waals surface area (Å²) in [7, 11) is 0. The molecule has 100 valence electrons. The summed E-state index contributed by atoms with van der Waals surface area (Å²) in [6.07, 6.45) is 8.54. The van der Waals surface area contributed by atoms with Crippen LogP contribution in [0.25, 0.3) is 0 Å². The maximum atomic E-state index is 3.84. The Labute approximate surface area is 107 Å². The summed E-state index contributed by atoms with van der Waals surface area (Å²) in [6.45, 7) is 9.84. The second kappa shape index (κ2) is 6.75. The van der Waals surface area contributed by atoms with E-state index in [0.29, 0.717) is 0 Å². The Hall–Kier alpha value is -0.0800. The molecule has 1 aliphatic carbocycles. The molecule has 2 aliphatic rings. The van der Waals surface area contributed by atoms with Crippen LogP contribution < -0.4 is 5.32 Å². The van der Waals surface area contributed by atoms with E-state index in [0.717, 1.165) is 17.9 Å². The van der Waals surface area contributed by atoms with Crippen LogP contribution in [0.2, 0.25) is 0 Å². The summed E-state index contributed by atoms with van der Waals surface area (Å²) in [5.74, 6) is 1.87. The summed E-state index contributed by atoms with van der Waals surface area (Å²) in [6, 6.07) is 0.815. The maximum Gasteiger partial charge on any atom is 0.00672 e. The molecule has 1 saturated heterocycles. The molecule has 2 fully saturated rings. The van der Waals surface area contributed by atoms with Gasteiger partial charge in [-0.1, -0.05) is 26.7 Å². The fraction of sp³-hybridized carbons (Fsp3) is 1.00. The quantitative estimate of drug-likeness (QED) is 0.758. The number of hydrogen-bond donors (Lipinski definition) is 1. The molecular formula is C15H30N2. The van der Waals surface area contributed by atoms with Crippen molar-refractivity contribution in [2.75, 3.05) is 26.2 Å². The molecule has 0 aromatic heterocycles. The average Bonchev–Trinajstić information content (AvgIpc) is 2.70. The van der Waals surface area contributed by atoms with Gasteiger partial charge in [0, 0.05) is 12.6 Å². The molecule has 3 atom stereocenters. The number of hydrogen-bond acceptors (Lipinski definition) is 2. The minimum absolute atomic E-state index is 0.815. The SMILES string of the molecule is CCN1CCC(CNC2CCCC(C)CC2)C1. The highest BCUT2D eigenvalue weighted by molar-refractivity contribution is 4.79. The van der Waals surface area contributed by atoms with Crippen molar-refractivity contribution in [1.82, 2.24) is 10.2 Å². The van der Waals surface area contributed by atoms with E-state index in [2.05, 4.69) is 24.1 Å². The van der Waals surface area contributed by atoms with Crippen molar-refractivity contribution in [2.45, 2.75) is 58.4 Å². The molecule has 2 heteroatoms. The van der Waals surface area contributed by atoms with Gasteiger partial charge in [0.15, 0.2) is 0 Å². The fourth-order valence-corrected chi connectivity index (χ4v) is 3.39. The first-order valence-corrected chi connectivity index (χ1v) is 7.73. The van der Waals surface area contributed by atoms with Crippen LogP contribution in [0.1, 0.15) is 52.4 Å². The molecule has 1 saturated carbocycles. The van der Waals surface area contributed by atoms with Crippen molar-refractivity contribution in [3.05, 3.63) is 0 Å². The Morgan fingerprint density at radius 3 is 2.76 bits per heavy atom. The number of rotatable bonds is 4. The Balaban J connectivity index is 1.64. The van der Waals surface area contributed by atoms with E-state index >= 15 is 0 Å². The van der Waals surface area contributed by atoms with Crippen LogP contribution in [0.3, 0.4) is 0 Å². The predicted molar refractivity (Wildman–Crippen MR) is 74.3 cm³/mol. The van der Waals surface area contributed by atoms with Gasteiger partial charge in [0.2, 0.25) is 0 Å². The first-order valence-electron chi connectivity index (χ1n) is 7.73. The van der Waals surface area contributed by atoms with E-state index in [1.54, 1.807) is 0 Å². The molecule has 2 nitrogen and oxygen atoms in total. The second-order valence-corrected chi connectivity index (χ2v) is 6.27.